The van der Waals surface area contributed by atoms with Crippen molar-refractivity contribution in [3.8, 4) is 5.75 Å². The number of nitrogen functional groups attached to an aromatic ring is 1. The molecule has 0 saturated heterocycles. The SMILES string of the molecule is CCc1c(C(C)Oc2ccccc2)ccc(N=O)c1N. The van der Waals surface area contributed by atoms with E-state index < -0.39 is 0 Å². The maximum Gasteiger partial charge on any atom is 0.131 e. The Morgan fingerprint density at radius 2 is 1.90 bits per heavy atom. The molecule has 0 amide bonds. The number of hydrogen-bond donors (Lipinski definition) is 1. The predicted octanol–water partition coefficient (Wildman–Crippen LogP) is 4.37. The summed E-state index contributed by atoms with van der Waals surface area (Å²) in [5, 5.41) is 2.95. The van der Waals surface area contributed by atoms with Crippen LogP contribution >= 0.6 is 0 Å². The molecule has 104 valence electrons. The molecule has 2 aromatic rings. The monoisotopic (exact) mass is 270 g/mol. The second-order valence-electron chi connectivity index (χ2n) is 4.58. The van der Waals surface area contributed by atoms with E-state index in [0.717, 1.165) is 23.3 Å². The first-order chi connectivity index (χ1) is 9.67. The van der Waals surface area contributed by atoms with Gasteiger partial charge in [-0.3, -0.25) is 0 Å². The lowest BCUT2D eigenvalue weighted by Crippen LogP contribution is -2.08. The lowest BCUT2D eigenvalue weighted by atomic mass is 9.98. The Bertz CT molecular complexity index is 597. The van der Waals surface area contributed by atoms with Crippen LogP contribution in [0.3, 0.4) is 0 Å². The molecule has 0 aliphatic heterocycles. The molecule has 4 nitrogen and oxygen atoms in total. The number of hydrogen-bond acceptors (Lipinski definition) is 4. The number of nitrogens with zero attached hydrogens (tertiary/aromatic N) is 1. The van der Waals surface area contributed by atoms with Crippen LogP contribution in [0.15, 0.2) is 47.6 Å². The molecular weight excluding hydrogens is 252 g/mol. The van der Waals surface area contributed by atoms with E-state index in [-0.39, 0.29) is 11.8 Å². The minimum atomic E-state index is -0.143. The Labute approximate surface area is 118 Å². The van der Waals surface area contributed by atoms with Crippen molar-refractivity contribution < 1.29 is 4.74 Å². The number of nitroso groups, excluding NO2 is 1. The largest absolute Gasteiger partial charge is 0.486 e. The summed E-state index contributed by atoms with van der Waals surface area (Å²) >= 11 is 0. The maximum atomic E-state index is 10.7. The van der Waals surface area contributed by atoms with Crippen LogP contribution in [-0.2, 0) is 6.42 Å². The van der Waals surface area contributed by atoms with Crippen LogP contribution in [-0.4, -0.2) is 0 Å². The van der Waals surface area contributed by atoms with Gasteiger partial charge in [-0.1, -0.05) is 31.2 Å². The number of nitrogens with two attached hydrogens (primary N) is 1. The lowest BCUT2D eigenvalue weighted by molar-refractivity contribution is 0.226. The summed E-state index contributed by atoms with van der Waals surface area (Å²) in [6.45, 7) is 3.97. The third kappa shape index (κ3) is 2.79. The molecule has 0 aliphatic carbocycles. The zero-order valence-electron chi connectivity index (χ0n) is 11.7. The van der Waals surface area contributed by atoms with Crippen molar-refractivity contribution in [3.63, 3.8) is 0 Å². The van der Waals surface area contributed by atoms with E-state index in [1.54, 1.807) is 6.07 Å². The van der Waals surface area contributed by atoms with Gasteiger partial charge in [0.15, 0.2) is 0 Å². The molecule has 1 unspecified atom stereocenters. The topological polar surface area (TPSA) is 64.7 Å². The molecule has 0 aromatic heterocycles. The van der Waals surface area contributed by atoms with Crippen molar-refractivity contribution in [3.05, 3.63) is 58.5 Å². The van der Waals surface area contributed by atoms with Gasteiger partial charge in [-0.25, -0.2) is 0 Å². The Balaban J connectivity index is 2.32. The standard InChI is InChI=1S/C16H18N2O2/c1-3-13-14(9-10-15(18-19)16(13)17)11(2)20-12-7-5-4-6-8-12/h4-11H,3,17H2,1-2H3. The minimum Gasteiger partial charge on any atom is -0.486 e. The number of para-hydroxylation sites is 1. The summed E-state index contributed by atoms with van der Waals surface area (Å²) in [6.07, 6.45) is 0.586. The molecule has 0 fully saturated rings. The average molecular weight is 270 g/mol. The van der Waals surface area contributed by atoms with Crippen LogP contribution in [0.1, 0.15) is 31.1 Å². The van der Waals surface area contributed by atoms with Crippen molar-refractivity contribution in [2.45, 2.75) is 26.4 Å². The molecule has 0 spiro atoms. The Morgan fingerprint density at radius 3 is 2.50 bits per heavy atom. The summed E-state index contributed by atoms with van der Waals surface area (Å²) < 4.78 is 5.91. The average Bonchev–Trinajstić information content (AvgIpc) is 2.47. The molecule has 0 aliphatic rings. The second-order valence-corrected chi connectivity index (χ2v) is 4.58. The summed E-state index contributed by atoms with van der Waals surface area (Å²) in [5.74, 6) is 0.804. The molecule has 0 saturated carbocycles. The quantitative estimate of drug-likeness (QED) is 0.648. The van der Waals surface area contributed by atoms with Crippen LogP contribution in [0.5, 0.6) is 5.75 Å². The number of ether oxygens (including phenoxy) is 1. The molecule has 2 rings (SSSR count). The third-order valence-corrected chi connectivity index (χ3v) is 3.32. The highest BCUT2D eigenvalue weighted by Gasteiger charge is 2.16. The Kier molecular flexibility index (Phi) is 4.35. The zero-order valence-corrected chi connectivity index (χ0v) is 11.7. The summed E-state index contributed by atoms with van der Waals surface area (Å²) in [5.41, 5.74) is 8.63. The van der Waals surface area contributed by atoms with Crippen LogP contribution in [0.25, 0.3) is 0 Å². The molecular formula is C16H18N2O2. The van der Waals surface area contributed by atoms with Gasteiger partial charge in [-0.15, -0.1) is 4.91 Å². The normalized spacial score (nSPS) is 11.9. The summed E-state index contributed by atoms with van der Waals surface area (Å²) in [4.78, 5) is 10.7. The molecule has 2 aromatic carbocycles. The highest BCUT2D eigenvalue weighted by Crippen LogP contribution is 2.33. The Morgan fingerprint density at radius 1 is 1.20 bits per heavy atom. The predicted molar refractivity (Wildman–Crippen MR) is 81.2 cm³/mol. The number of benzene rings is 2. The maximum absolute atomic E-state index is 10.7. The van der Waals surface area contributed by atoms with Crippen molar-refractivity contribution in [1.82, 2.24) is 0 Å². The highest BCUT2D eigenvalue weighted by molar-refractivity contribution is 5.69. The Hall–Kier alpha value is -2.36. The van der Waals surface area contributed by atoms with Crippen molar-refractivity contribution in [2.24, 2.45) is 5.18 Å². The van der Waals surface area contributed by atoms with Crippen LogP contribution in [0.4, 0.5) is 11.4 Å². The van der Waals surface area contributed by atoms with Crippen LogP contribution in [0.2, 0.25) is 0 Å². The smallest absolute Gasteiger partial charge is 0.131 e. The van der Waals surface area contributed by atoms with Crippen LogP contribution in [0, 0.1) is 4.91 Å². The van der Waals surface area contributed by atoms with E-state index in [0.29, 0.717) is 5.69 Å². The lowest BCUT2D eigenvalue weighted by Gasteiger charge is -2.19. The first-order valence-electron chi connectivity index (χ1n) is 6.63. The van der Waals surface area contributed by atoms with Gasteiger partial charge < -0.3 is 10.5 Å². The fraction of sp³-hybridized carbons (Fsp3) is 0.250. The van der Waals surface area contributed by atoms with E-state index in [1.807, 2.05) is 50.2 Å². The van der Waals surface area contributed by atoms with Gasteiger partial charge in [-0.2, -0.15) is 0 Å². The van der Waals surface area contributed by atoms with Gasteiger partial charge >= 0.3 is 0 Å². The number of anilines is 1. The number of rotatable bonds is 5. The van der Waals surface area contributed by atoms with E-state index in [4.69, 9.17) is 10.5 Å². The van der Waals surface area contributed by atoms with E-state index >= 15 is 0 Å². The van der Waals surface area contributed by atoms with Gasteiger partial charge in [0.1, 0.15) is 17.5 Å². The fourth-order valence-electron chi connectivity index (χ4n) is 2.29. The van der Waals surface area contributed by atoms with Gasteiger partial charge in [0.05, 0.1) is 5.69 Å². The van der Waals surface area contributed by atoms with E-state index in [9.17, 15) is 4.91 Å². The fourth-order valence-corrected chi connectivity index (χ4v) is 2.29. The van der Waals surface area contributed by atoms with E-state index in [1.165, 1.54) is 0 Å². The highest BCUT2D eigenvalue weighted by atomic mass is 16.5. The van der Waals surface area contributed by atoms with Gasteiger partial charge in [0.25, 0.3) is 0 Å². The van der Waals surface area contributed by atoms with Crippen molar-refractivity contribution >= 4 is 11.4 Å². The van der Waals surface area contributed by atoms with E-state index in [2.05, 4.69) is 5.18 Å². The van der Waals surface area contributed by atoms with Crippen molar-refractivity contribution in [1.29, 1.82) is 0 Å². The molecule has 2 N–H and O–H groups in total. The van der Waals surface area contributed by atoms with Gasteiger partial charge in [0, 0.05) is 0 Å². The first-order valence-corrected chi connectivity index (χ1v) is 6.63. The minimum absolute atomic E-state index is 0.143. The summed E-state index contributed by atoms with van der Waals surface area (Å²) in [7, 11) is 0. The molecule has 1 atom stereocenters. The molecule has 20 heavy (non-hydrogen) atoms. The summed E-state index contributed by atoms with van der Waals surface area (Å²) in [6, 6.07) is 13.1. The molecule has 0 bridgehead atoms. The molecule has 0 heterocycles. The van der Waals surface area contributed by atoms with Crippen molar-refractivity contribution in [2.75, 3.05) is 5.73 Å². The van der Waals surface area contributed by atoms with Gasteiger partial charge in [0.2, 0.25) is 0 Å². The third-order valence-electron chi connectivity index (χ3n) is 3.32. The van der Waals surface area contributed by atoms with Crippen LogP contribution < -0.4 is 10.5 Å². The van der Waals surface area contributed by atoms with Gasteiger partial charge in [-0.05, 0) is 47.8 Å². The molecule has 4 heteroatoms. The second kappa shape index (κ2) is 6.19. The zero-order chi connectivity index (χ0) is 14.5. The first kappa shape index (κ1) is 14.1. The molecule has 0 radical (unpaired) electrons.